The normalized spacial score (nSPS) is 12.2. The highest BCUT2D eigenvalue weighted by Gasteiger charge is 2.10. The van der Waals surface area contributed by atoms with Crippen molar-refractivity contribution >= 4 is 12.0 Å². The summed E-state index contributed by atoms with van der Waals surface area (Å²) < 4.78 is 16.0. The number of nitrogens with zero attached hydrogens (tertiary/aromatic N) is 1. The lowest BCUT2D eigenvalue weighted by Crippen LogP contribution is -2.23. The maximum absolute atomic E-state index is 11.7. The highest BCUT2D eigenvalue weighted by molar-refractivity contribution is 5.97. The summed E-state index contributed by atoms with van der Waals surface area (Å²) in [7, 11) is 0. The van der Waals surface area contributed by atoms with E-state index < -0.39 is 12.1 Å². The summed E-state index contributed by atoms with van der Waals surface area (Å²) in [5, 5.41) is 19.1. The fraction of sp³-hybridized carbons (Fsp3) is 0.630. The highest BCUT2D eigenvalue weighted by atomic mass is 16.5. The molecule has 33 heavy (non-hydrogen) atoms. The van der Waals surface area contributed by atoms with Gasteiger partial charge in [-0.3, -0.25) is 0 Å². The maximum atomic E-state index is 11.7. The van der Waals surface area contributed by atoms with Crippen LogP contribution in [0.5, 0.6) is 5.75 Å². The summed E-state index contributed by atoms with van der Waals surface area (Å²) in [6.07, 6.45) is 13.6. The first-order chi connectivity index (χ1) is 16.1. The first-order valence-corrected chi connectivity index (χ1v) is 12.4. The molecule has 0 bridgehead atoms. The largest absolute Gasteiger partial charge is 0.491 e. The zero-order chi connectivity index (χ0) is 24.2. The first kappa shape index (κ1) is 28.7. The zero-order valence-electron chi connectivity index (χ0n) is 20.4. The minimum atomic E-state index is -0.693. The van der Waals surface area contributed by atoms with Gasteiger partial charge in [0.25, 0.3) is 0 Å². The van der Waals surface area contributed by atoms with Crippen LogP contribution in [0.25, 0.3) is 6.08 Å². The summed E-state index contributed by atoms with van der Waals surface area (Å²) in [5.74, 6) is -0.0446. The number of ether oxygens (including phenoxy) is 3. The number of nitriles is 1. The van der Waals surface area contributed by atoms with Crippen molar-refractivity contribution in [3.63, 3.8) is 0 Å². The lowest BCUT2D eigenvalue weighted by molar-refractivity contribution is -0.137. The molecule has 0 amide bonds. The Morgan fingerprint density at radius 3 is 2.15 bits per heavy atom. The van der Waals surface area contributed by atoms with Crippen LogP contribution in [0.15, 0.2) is 29.8 Å². The average molecular weight is 460 g/mol. The first-order valence-electron chi connectivity index (χ1n) is 12.4. The molecule has 0 heterocycles. The van der Waals surface area contributed by atoms with Gasteiger partial charge in [0, 0.05) is 6.61 Å². The number of hydrogen-bond donors (Lipinski definition) is 1. The van der Waals surface area contributed by atoms with Crippen LogP contribution in [-0.4, -0.2) is 43.6 Å². The van der Waals surface area contributed by atoms with Crippen molar-refractivity contribution in [2.24, 2.45) is 0 Å². The van der Waals surface area contributed by atoms with Crippen LogP contribution < -0.4 is 4.74 Å². The van der Waals surface area contributed by atoms with Crippen molar-refractivity contribution in [3.8, 4) is 11.8 Å². The SMILES string of the molecule is CCCCCCCCCCCCOCC(O)COc1ccc(/C=C(\C#N)C(=O)OCC)cc1. The number of aliphatic hydroxyl groups is 1. The van der Waals surface area contributed by atoms with Crippen molar-refractivity contribution < 1.29 is 24.1 Å². The van der Waals surface area contributed by atoms with E-state index in [1.54, 1.807) is 31.2 Å². The number of carbonyl (C=O) groups excluding carboxylic acids is 1. The van der Waals surface area contributed by atoms with Gasteiger partial charge in [0.15, 0.2) is 0 Å². The summed E-state index contributed by atoms with van der Waals surface area (Å²) in [6, 6.07) is 8.77. The topological polar surface area (TPSA) is 88.8 Å². The molecule has 0 saturated carbocycles. The smallest absolute Gasteiger partial charge is 0.348 e. The predicted molar refractivity (Wildman–Crippen MR) is 131 cm³/mol. The van der Waals surface area contributed by atoms with Gasteiger partial charge in [0.1, 0.15) is 30.1 Å². The van der Waals surface area contributed by atoms with Crippen LogP contribution in [0.3, 0.4) is 0 Å². The molecule has 0 aliphatic rings. The van der Waals surface area contributed by atoms with Crippen molar-refractivity contribution in [1.82, 2.24) is 0 Å². The van der Waals surface area contributed by atoms with E-state index in [4.69, 9.17) is 19.5 Å². The lowest BCUT2D eigenvalue weighted by Gasteiger charge is -2.13. The molecule has 6 nitrogen and oxygen atoms in total. The van der Waals surface area contributed by atoms with Gasteiger partial charge in [-0.15, -0.1) is 0 Å². The molecule has 1 unspecified atom stereocenters. The zero-order valence-corrected chi connectivity index (χ0v) is 20.4. The average Bonchev–Trinajstić information content (AvgIpc) is 2.82. The fourth-order valence-corrected chi connectivity index (χ4v) is 3.32. The molecular formula is C27H41NO5. The molecule has 1 atom stereocenters. The summed E-state index contributed by atoms with van der Waals surface area (Å²) >= 11 is 0. The number of unbranched alkanes of at least 4 members (excludes halogenated alkanes) is 9. The third kappa shape index (κ3) is 14.4. The molecule has 0 spiro atoms. The number of rotatable bonds is 19. The second kappa shape index (κ2) is 19.1. The molecule has 1 rings (SSSR count). The molecule has 6 heteroatoms. The third-order valence-electron chi connectivity index (χ3n) is 5.20. The quantitative estimate of drug-likeness (QED) is 0.121. The van der Waals surface area contributed by atoms with Crippen LogP contribution in [0.2, 0.25) is 0 Å². The van der Waals surface area contributed by atoms with Crippen LogP contribution in [0, 0.1) is 11.3 Å². The minimum absolute atomic E-state index is 0.0551. The second-order valence-electron chi connectivity index (χ2n) is 8.18. The molecule has 1 N–H and O–H groups in total. The van der Waals surface area contributed by atoms with Crippen LogP contribution >= 0.6 is 0 Å². The van der Waals surface area contributed by atoms with Crippen LogP contribution in [-0.2, 0) is 14.3 Å². The Morgan fingerprint density at radius 1 is 0.970 bits per heavy atom. The summed E-state index contributed by atoms with van der Waals surface area (Å²) in [5.41, 5.74) is 0.632. The molecule has 0 radical (unpaired) electrons. The maximum Gasteiger partial charge on any atom is 0.348 e. The van der Waals surface area contributed by atoms with E-state index in [0.717, 1.165) is 6.42 Å². The number of hydrogen-bond acceptors (Lipinski definition) is 6. The number of benzene rings is 1. The van der Waals surface area contributed by atoms with E-state index >= 15 is 0 Å². The number of esters is 1. The van der Waals surface area contributed by atoms with E-state index in [-0.39, 0.29) is 25.4 Å². The molecule has 0 aliphatic heterocycles. The van der Waals surface area contributed by atoms with Crippen LogP contribution in [0.1, 0.15) is 83.6 Å². The molecule has 0 aliphatic carbocycles. The van der Waals surface area contributed by atoms with Gasteiger partial charge in [-0.2, -0.15) is 5.26 Å². The van der Waals surface area contributed by atoms with Crippen molar-refractivity contribution in [3.05, 3.63) is 35.4 Å². The van der Waals surface area contributed by atoms with Gasteiger partial charge >= 0.3 is 5.97 Å². The van der Waals surface area contributed by atoms with E-state index in [1.165, 1.54) is 63.9 Å². The van der Waals surface area contributed by atoms with Crippen molar-refractivity contribution in [1.29, 1.82) is 5.26 Å². The highest BCUT2D eigenvalue weighted by Crippen LogP contribution is 2.15. The molecule has 0 saturated heterocycles. The van der Waals surface area contributed by atoms with Gasteiger partial charge in [-0.25, -0.2) is 4.79 Å². The summed E-state index contributed by atoms with van der Waals surface area (Å²) in [6.45, 7) is 5.21. The predicted octanol–water partition coefficient (Wildman–Crippen LogP) is 5.83. The number of aliphatic hydroxyl groups excluding tert-OH is 1. The van der Waals surface area contributed by atoms with Crippen molar-refractivity contribution in [2.75, 3.05) is 26.4 Å². The molecule has 1 aromatic rings. The van der Waals surface area contributed by atoms with Crippen molar-refractivity contribution in [2.45, 2.75) is 84.2 Å². The lowest BCUT2D eigenvalue weighted by atomic mass is 10.1. The summed E-state index contributed by atoms with van der Waals surface area (Å²) in [4.78, 5) is 11.7. The second-order valence-corrected chi connectivity index (χ2v) is 8.18. The van der Waals surface area contributed by atoms with Gasteiger partial charge < -0.3 is 19.3 Å². The van der Waals surface area contributed by atoms with E-state index in [0.29, 0.717) is 17.9 Å². The van der Waals surface area contributed by atoms with Crippen LogP contribution in [0.4, 0.5) is 0 Å². The fourth-order valence-electron chi connectivity index (χ4n) is 3.32. The Labute approximate surface area is 199 Å². The minimum Gasteiger partial charge on any atom is -0.491 e. The Kier molecular flexibility index (Phi) is 16.6. The monoisotopic (exact) mass is 459 g/mol. The Hall–Kier alpha value is -2.36. The van der Waals surface area contributed by atoms with E-state index in [2.05, 4.69) is 6.92 Å². The van der Waals surface area contributed by atoms with Gasteiger partial charge in [-0.05, 0) is 37.1 Å². The molecule has 184 valence electrons. The van der Waals surface area contributed by atoms with E-state index in [1.807, 2.05) is 6.07 Å². The Balaban J connectivity index is 2.13. The van der Waals surface area contributed by atoms with Gasteiger partial charge in [-0.1, -0.05) is 76.8 Å². The molecule has 0 aromatic heterocycles. The molecule has 1 aromatic carbocycles. The molecule has 0 fully saturated rings. The Bertz CT molecular complexity index is 708. The molecular weight excluding hydrogens is 418 g/mol. The standard InChI is InChI=1S/C27H41NO5/c1-3-5-6-7-8-9-10-11-12-13-18-31-21-25(29)22-33-26-16-14-23(15-17-26)19-24(20-28)27(30)32-4-2/h14-17,19,25,29H,3-13,18,21-22H2,1-2H3/b24-19+. The Morgan fingerprint density at radius 2 is 1.58 bits per heavy atom. The van der Waals surface area contributed by atoms with E-state index in [9.17, 15) is 9.90 Å². The number of carbonyl (C=O) groups is 1. The van der Waals surface area contributed by atoms with Gasteiger partial charge in [0.05, 0.1) is 13.2 Å². The van der Waals surface area contributed by atoms with Gasteiger partial charge in [0.2, 0.25) is 0 Å². The third-order valence-corrected chi connectivity index (χ3v) is 5.20.